The molecule has 2 aliphatic rings. The van der Waals surface area contributed by atoms with Gasteiger partial charge in [-0.05, 0) is 57.5 Å². The summed E-state index contributed by atoms with van der Waals surface area (Å²) in [6.07, 6.45) is 4.68. The van der Waals surface area contributed by atoms with Crippen LogP contribution >= 0.6 is 23.2 Å². The van der Waals surface area contributed by atoms with Gasteiger partial charge < -0.3 is 24.8 Å². The number of methoxy groups -OCH3 is 1. The Hall–Kier alpha value is -1.54. The lowest BCUT2D eigenvalue weighted by Crippen LogP contribution is -2.61. The summed E-state index contributed by atoms with van der Waals surface area (Å²) in [6, 6.07) is 4.05. The van der Waals surface area contributed by atoms with Gasteiger partial charge in [0.1, 0.15) is 6.04 Å². The number of amides is 3. The molecule has 3 rings (SSSR count). The van der Waals surface area contributed by atoms with Crippen molar-refractivity contribution < 1.29 is 14.3 Å². The van der Waals surface area contributed by atoms with Crippen molar-refractivity contribution in [2.45, 2.75) is 44.7 Å². The minimum absolute atomic E-state index is 0.0159. The number of carbonyl (C=O) groups is 2. The highest BCUT2D eigenvalue weighted by Gasteiger charge is 2.37. The number of piperazine rings is 1. The van der Waals surface area contributed by atoms with Gasteiger partial charge in [-0.3, -0.25) is 4.79 Å². The van der Waals surface area contributed by atoms with E-state index < -0.39 is 6.04 Å². The molecule has 9 heteroatoms. The van der Waals surface area contributed by atoms with Gasteiger partial charge in [0.05, 0.1) is 22.7 Å². The number of nitrogens with zero attached hydrogens (tertiary/aromatic N) is 3. The molecular formula is C22H32Cl2N4O3. The molecule has 0 radical (unpaired) electrons. The smallest absolute Gasteiger partial charge is 0.322 e. The van der Waals surface area contributed by atoms with Crippen molar-refractivity contribution in [2.75, 3.05) is 51.8 Å². The second kappa shape index (κ2) is 11.4. The van der Waals surface area contributed by atoms with Gasteiger partial charge in [-0.2, -0.15) is 0 Å². The van der Waals surface area contributed by atoms with E-state index in [1.807, 2.05) is 4.90 Å². The topological polar surface area (TPSA) is 65.1 Å². The summed E-state index contributed by atoms with van der Waals surface area (Å²) in [4.78, 5) is 31.9. The van der Waals surface area contributed by atoms with Crippen molar-refractivity contribution in [3.05, 3.63) is 28.2 Å². The average molecular weight is 471 g/mol. The highest BCUT2D eigenvalue weighted by atomic mass is 35.5. The molecule has 1 aromatic rings. The number of rotatable bonds is 7. The van der Waals surface area contributed by atoms with E-state index in [0.717, 1.165) is 26.1 Å². The molecule has 172 valence electrons. The van der Waals surface area contributed by atoms with Crippen molar-refractivity contribution in [1.29, 1.82) is 0 Å². The molecule has 2 atom stereocenters. The third kappa shape index (κ3) is 6.25. The molecule has 2 fully saturated rings. The number of hydrogen-bond donors (Lipinski definition) is 1. The number of carbonyl (C=O) groups excluding carboxylic acids is 2. The molecule has 0 aromatic heterocycles. The number of halogens is 2. The first-order valence-corrected chi connectivity index (χ1v) is 11.7. The van der Waals surface area contributed by atoms with E-state index in [1.54, 1.807) is 37.1 Å². The van der Waals surface area contributed by atoms with Crippen molar-refractivity contribution >= 4 is 40.8 Å². The summed E-state index contributed by atoms with van der Waals surface area (Å²) in [5.41, 5.74) is 0.542. The highest BCUT2D eigenvalue weighted by molar-refractivity contribution is 6.42. The first kappa shape index (κ1) is 24.1. The monoisotopic (exact) mass is 470 g/mol. The number of hydrogen-bond acceptors (Lipinski definition) is 4. The molecule has 0 bridgehead atoms. The number of anilines is 1. The molecule has 31 heavy (non-hydrogen) atoms. The summed E-state index contributed by atoms with van der Waals surface area (Å²) < 4.78 is 5.43. The van der Waals surface area contributed by atoms with E-state index in [1.165, 1.54) is 19.3 Å². The molecule has 7 nitrogen and oxygen atoms in total. The van der Waals surface area contributed by atoms with Crippen LogP contribution in [0.5, 0.6) is 0 Å². The summed E-state index contributed by atoms with van der Waals surface area (Å²) >= 11 is 12.0. The Kier molecular flexibility index (Phi) is 8.84. The van der Waals surface area contributed by atoms with Gasteiger partial charge in [0, 0.05) is 32.4 Å². The maximum atomic E-state index is 13.2. The van der Waals surface area contributed by atoms with Crippen LogP contribution in [0.15, 0.2) is 18.2 Å². The van der Waals surface area contributed by atoms with Crippen molar-refractivity contribution in [1.82, 2.24) is 14.7 Å². The molecule has 2 saturated heterocycles. The van der Waals surface area contributed by atoms with Crippen LogP contribution in [0.3, 0.4) is 0 Å². The minimum Gasteiger partial charge on any atom is -0.383 e. The molecule has 2 heterocycles. The molecule has 1 N–H and O–H groups in total. The zero-order chi connectivity index (χ0) is 22.4. The Balaban J connectivity index is 1.59. The van der Waals surface area contributed by atoms with E-state index in [9.17, 15) is 9.59 Å². The molecular weight excluding hydrogens is 439 g/mol. The molecule has 2 unspecified atom stereocenters. The second-order valence-electron chi connectivity index (χ2n) is 8.26. The van der Waals surface area contributed by atoms with Crippen LogP contribution in [0.4, 0.5) is 10.5 Å². The molecule has 0 saturated carbocycles. The van der Waals surface area contributed by atoms with Crippen LogP contribution in [0.1, 0.15) is 32.6 Å². The third-order valence-electron chi connectivity index (χ3n) is 6.15. The van der Waals surface area contributed by atoms with E-state index in [-0.39, 0.29) is 18.0 Å². The zero-order valence-corrected chi connectivity index (χ0v) is 19.8. The predicted molar refractivity (Wildman–Crippen MR) is 124 cm³/mol. The Morgan fingerprint density at radius 2 is 1.90 bits per heavy atom. The number of benzene rings is 1. The molecule has 0 aliphatic carbocycles. The summed E-state index contributed by atoms with van der Waals surface area (Å²) in [6.45, 7) is 6.46. The normalized spacial score (nSPS) is 21.3. The molecule has 3 amide bonds. The van der Waals surface area contributed by atoms with Gasteiger partial charge in [0.2, 0.25) is 5.91 Å². The third-order valence-corrected chi connectivity index (χ3v) is 6.89. The Labute approximate surface area is 194 Å². The highest BCUT2D eigenvalue weighted by Crippen LogP contribution is 2.26. The first-order valence-electron chi connectivity index (χ1n) is 10.9. The van der Waals surface area contributed by atoms with Gasteiger partial charge in [-0.1, -0.05) is 29.6 Å². The summed E-state index contributed by atoms with van der Waals surface area (Å²) in [5.74, 6) is -0.0452. The van der Waals surface area contributed by atoms with Crippen molar-refractivity contribution in [3.63, 3.8) is 0 Å². The van der Waals surface area contributed by atoms with Crippen LogP contribution in [0, 0.1) is 0 Å². The summed E-state index contributed by atoms with van der Waals surface area (Å²) in [5, 5.41) is 3.60. The molecule has 2 aliphatic heterocycles. The first-order chi connectivity index (χ1) is 14.9. The van der Waals surface area contributed by atoms with Crippen molar-refractivity contribution in [3.8, 4) is 0 Å². The predicted octanol–water partition coefficient (Wildman–Crippen LogP) is 3.95. The van der Waals surface area contributed by atoms with Gasteiger partial charge in [-0.25, -0.2) is 4.79 Å². The fraction of sp³-hybridized carbons (Fsp3) is 0.636. The number of likely N-dealkylation sites (tertiary alicyclic amines) is 1. The van der Waals surface area contributed by atoms with Crippen LogP contribution in [-0.2, 0) is 9.53 Å². The lowest BCUT2D eigenvalue weighted by molar-refractivity contribution is -0.143. The number of ether oxygens (including phenoxy) is 1. The van der Waals surface area contributed by atoms with Gasteiger partial charge in [0.25, 0.3) is 0 Å². The van der Waals surface area contributed by atoms with E-state index in [2.05, 4.69) is 10.2 Å². The van der Waals surface area contributed by atoms with Crippen molar-refractivity contribution in [2.24, 2.45) is 0 Å². The van der Waals surface area contributed by atoms with E-state index in [4.69, 9.17) is 27.9 Å². The average Bonchev–Trinajstić information content (AvgIpc) is 2.76. The standard InChI is InChI=1S/C22H32Cl2N4O3/c1-16-21(29)28(18(15-31-2)8-11-26-9-4-3-5-10-26)13-12-27(16)22(30)25-17-6-7-19(23)20(24)14-17/h6-7,14,16,18H,3-5,8-13,15H2,1-2H3,(H,25,30). The van der Waals surface area contributed by atoms with E-state index in [0.29, 0.717) is 35.4 Å². The fourth-order valence-corrected chi connectivity index (χ4v) is 4.64. The van der Waals surface area contributed by atoms with Gasteiger partial charge in [0.15, 0.2) is 0 Å². The molecule has 1 aromatic carbocycles. The maximum absolute atomic E-state index is 13.2. The van der Waals surface area contributed by atoms with E-state index >= 15 is 0 Å². The number of nitrogens with one attached hydrogen (secondary N) is 1. The number of urea groups is 1. The van der Waals surface area contributed by atoms with Gasteiger partial charge >= 0.3 is 6.03 Å². The Morgan fingerprint density at radius 3 is 2.58 bits per heavy atom. The lowest BCUT2D eigenvalue weighted by atomic mass is 10.1. The quantitative estimate of drug-likeness (QED) is 0.654. The molecule has 0 spiro atoms. The maximum Gasteiger partial charge on any atom is 0.322 e. The van der Waals surface area contributed by atoms with Crippen LogP contribution in [-0.4, -0.2) is 85.2 Å². The number of piperidine rings is 1. The Morgan fingerprint density at radius 1 is 1.16 bits per heavy atom. The van der Waals surface area contributed by atoms with Crippen LogP contribution < -0.4 is 5.32 Å². The second-order valence-corrected chi connectivity index (χ2v) is 9.07. The van der Waals surface area contributed by atoms with Gasteiger partial charge in [-0.15, -0.1) is 0 Å². The fourth-order valence-electron chi connectivity index (χ4n) is 4.34. The minimum atomic E-state index is -0.550. The van der Waals surface area contributed by atoms with Crippen LogP contribution in [0.25, 0.3) is 0 Å². The lowest BCUT2D eigenvalue weighted by Gasteiger charge is -2.43. The zero-order valence-electron chi connectivity index (χ0n) is 18.3. The summed E-state index contributed by atoms with van der Waals surface area (Å²) in [7, 11) is 1.67. The SMILES string of the molecule is COCC(CCN1CCCCC1)N1CCN(C(=O)Nc2ccc(Cl)c(Cl)c2)C(C)C1=O. The largest absolute Gasteiger partial charge is 0.383 e. The Bertz CT molecular complexity index is 773. The van der Waals surface area contributed by atoms with Crippen LogP contribution in [0.2, 0.25) is 10.0 Å².